The van der Waals surface area contributed by atoms with Crippen LogP contribution in [0, 0.1) is 13.8 Å². The fourth-order valence-electron chi connectivity index (χ4n) is 2.62. The van der Waals surface area contributed by atoms with Gasteiger partial charge in [0, 0.05) is 22.1 Å². The van der Waals surface area contributed by atoms with Crippen molar-refractivity contribution in [3.63, 3.8) is 0 Å². The Hall–Kier alpha value is -2.93. The Morgan fingerprint density at radius 2 is 1.90 bits per heavy atom. The summed E-state index contributed by atoms with van der Waals surface area (Å²) in [5.41, 5.74) is 3.73. The maximum Gasteiger partial charge on any atom is 0.306 e. The second-order valence-electron chi connectivity index (χ2n) is 6.66. The van der Waals surface area contributed by atoms with E-state index in [1.54, 1.807) is 12.3 Å². The van der Waals surface area contributed by atoms with E-state index in [4.69, 9.17) is 9.15 Å². The normalized spacial score (nSPS) is 10.6. The number of hydrogen-bond donors (Lipinski definition) is 1. The van der Waals surface area contributed by atoms with Gasteiger partial charge < -0.3 is 14.5 Å². The topological polar surface area (TPSA) is 81.4 Å². The van der Waals surface area contributed by atoms with Crippen LogP contribution in [-0.4, -0.2) is 23.5 Å². The first-order chi connectivity index (χ1) is 13.9. The molecule has 3 rings (SSSR count). The van der Waals surface area contributed by atoms with Crippen LogP contribution in [0.15, 0.2) is 57.6 Å². The van der Waals surface area contributed by atoms with Gasteiger partial charge in [-0.2, -0.15) is 0 Å². The lowest BCUT2D eigenvalue weighted by Crippen LogP contribution is -2.21. The Morgan fingerprint density at radius 1 is 1.14 bits per heavy atom. The van der Waals surface area contributed by atoms with E-state index in [9.17, 15) is 9.59 Å². The van der Waals surface area contributed by atoms with Gasteiger partial charge in [0.25, 0.3) is 5.91 Å². The van der Waals surface area contributed by atoms with Gasteiger partial charge in [-0.3, -0.25) is 9.59 Å². The summed E-state index contributed by atoms with van der Waals surface area (Å²) in [6, 6.07) is 13.4. The van der Waals surface area contributed by atoms with Crippen molar-refractivity contribution in [2.75, 3.05) is 11.9 Å². The van der Waals surface area contributed by atoms with Crippen molar-refractivity contribution in [1.29, 1.82) is 0 Å². The van der Waals surface area contributed by atoms with Crippen molar-refractivity contribution in [3.05, 3.63) is 70.2 Å². The van der Waals surface area contributed by atoms with Gasteiger partial charge in [-0.25, -0.2) is 4.98 Å². The third kappa shape index (κ3) is 6.02. The lowest BCUT2D eigenvalue weighted by Gasteiger charge is -2.07. The van der Waals surface area contributed by atoms with Crippen molar-refractivity contribution >= 4 is 33.5 Å². The smallest absolute Gasteiger partial charge is 0.306 e. The number of ether oxygens (including phenoxy) is 1. The van der Waals surface area contributed by atoms with Crippen molar-refractivity contribution in [1.82, 2.24) is 4.98 Å². The Bertz CT molecular complexity index is 1010. The number of aromatic nitrogens is 1. The summed E-state index contributed by atoms with van der Waals surface area (Å²) in [5.74, 6) is 0.227. The molecular weight excluding hydrogens is 436 g/mol. The number of hydrogen-bond acceptors (Lipinski definition) is 5. The van der Waals surface area contributed by atoms with Crippen molar-refractivity contribution in [2.24, 2.45) is 0 Å². The van der Waals surface area contributed by atoms with E-state index in [2.05, 4.69) is 26.2 Å². The van der Waals surface area contributed by atoms with E-state index in [0.717, 1.165) is 21.2 Å². The van der Waals surface area contributed by atoms with Crippen LogP contribution in [0.25, 0.3) is 11.3 Å². The third-order valence-electron chi connectivity index (χ3n) is 4.24. The Morgan fingerprint density at radius 3 is 2.62 bits per heavy atom. The molecule has 150 valence electrons. The van der Waals surface area contributed by atoms with Crippen molar-refractivity contribution in [2.45, 2.75) is 26.7 Å². The summed E-state index contributed by atoms with van der Waals surface area (Å²) < 4.78 is 11.7. The SMILES string of the molecule is Cc1ccc(-c2cnc(CCC(=O)OCC(=O)Nc3ccc(Br)c(C)c3)o2)cc1. The summed E-state index contributed by atoms with van der Waals surface area (Å²) >= 11 is 3.40. The minimum Gasteiger partial charge on any atom is -0.456 e. The number of esters is 1. The van der Waals surface area contributed by atoms with Crippen LogP contribution in [0.3, 0.4) is 0 Å². The largest absolute Gasteiger partial charge is 0.456 e. The molecule has 0 bridgehead atoms. The van der Waals surface area contributed by atoms with Crippen LogP contribution in [0.4, 0.5) is 5.69 Å². The molecule has 2 aromatic carbocycles. The Balaban J connectivity index is 1.43. The molecule has 0 radical (unpaired) electrons. The average molecular weight is 457 g/mol. The van der Waals surface area contributed by atoms with Gasteiger partial charge in [-0.1, -0.05) is 45.8 Å². The molecule has 3 aromatic rings. The van der Waals surface area contributed by atoms with Crippen LogP contribution in [-0.2, 0) is 20.7 Å². The Labute approximate surface area is 177 Å². The molecule has 1 heterocycles. The second-order valence-corrected chi connectivity index (χ2v) is 7.51. The van der Waals surface area contributed by atoms with E-state index in [-0.39, 0.29) is 13.0 Å². The van der Waals surface area contributed by atoms with Gasteiger partial charge >= 0.3 is 5.97 Å². The van der Waals surface area contributed by atoms with Crippen LogP contribution < -0.4 is 5.32 Å². The van der Waals surface area contributed by atoms with Gasteiger partial charge in [-0.05, 0) is 37.6 Å². The third-order valence-corrected chi connectivity index (χ3v) is 5.13. The first kappa shape index (κ1) is 20.8. The predicted octanol–water partition coefficient (Wildman–Crippen LogP) is 4.84. The van der Waals surface area contributed by atoms with Crippen LogP contribution in [0.2, 0.25) is 0 Å². The molecule has 0 aliphatic heterocycles. The molecule has 0 unspecified atom stereocenters. The zero-order valence-electron chi connectivity index (χ0n) is 16.2. The minimum absolute atomic E-state index is 0.0819. The van der Waals surface area contributed by atoms with Crippen molar-refractivity contribution in [3.8, 4) is 11.3 Å². The second kappa shape index (κ2) is 9.52. The number of rotatable bonds is 7. The molecular formula is C22H21BrN2O4. The van der Waals surface area contributed by atoms with Crippen LogP contribution >= 0.6 is 15.9 Å². The monoisotopic (exact) mass is 456 g/mol. The molecule has 1 aromatic heterocycles. The van der Waals surface area contributed by atoms with Gasteiger partial charge in [0.05, 0.1) is 12.6 Å². The summed E-state index contributed by atoms with van der Waals surface area (Å²) in [7, 11) is 0. The predicted molar refractivity (Wildman–Crippen MR) is 113 cm³/mol. The van der Waals surface area contributed by atoms with Gasteiger partial charge in [-0.15, -0.1) is 0 Å². The number of aryl methyl sites for hydroxylation is 3. The molecule has 0 spiro atoms. The molecule has 6 nitrogen and oxygen atoms in total. The zero-order valence-corrected chi connectivity index (χ0v) is 17.8. The van der Waals surface area contributed by atoms with E-state index in [1.807, 2.05) is 50.2 Å². The summed E-state index contributed by atoms with van der Waals surface area (Å²) in [6.45, 7) is 3.60. The molecule has 0 fully saturated rings. The molecule has 1 N–H and O–H groups in total. The summed E-state index contributed by atoms with van der Waals surface area (Å²) in [6.07, 6.45) is 2.02. The Kier molecular flexibility index (Phi) is 6.82. The fourth-order valence-corrected chi connectivity index (χ4v) is 2.87. The number of nitrogens with zero attached hydrogens (tertiary/aromatic N) is 1. The molecule has 7 heteroatoms. The van der Waals surface area contributed by atoms with E-state index >= 15 is 0 Å². The quantitative estimate of drug-likeness (QED) is 0.514. The number of carbonyl (C=O) groups is 2. The number of halogens is 1. The summed E-state index contributed by atoms with van der Waals surface area (Å²) in [5, 5.41) is 2.70. The highest BCUT2D eigenvalue weighted by Gasteiger charge is 2.12. The van der Waals surface area contributed by atoms with Crippen LogP contribution in [0.1, 0.15) is 23.4 Å². The number of anilines is 1. The standard InChI is InChI=1S/C22H21BrN2O4/c1-14-3-5-16(6-4-14)19-12-24-21(29-19)9-10-22(27)28-13-20(26)25-17-7-8-18(23)15(2)11-17/h3-8,11-12H,9-10,13H2,1-2H3,(H,25,26). The number of oxazole rings is 1. The van der Waals surface area contributed by atoms with Gasteiger partial charge in [0.1, 0.15) is 0 Å². The highest BCUT2D eigenvalue weighted by molar-refractivity contribution is 9.10. The molecule has 0 saturated heterocycles. The highest BCUT2D eigenvalue weighted by atomic mass is 79.9. The molecule has 0 aliphatic rings. The van der Waals surface area contributed by atoms with Gasteiger partial charge in [0.15, 0.2) is 18.3 Å². The first-order valence-electron chi connectivity index (χ1n) is 9.14. The maximum absolute atomic E-state index is 11.9. The van der Waals surface area contributed by atoms with E-state index in [0.29, 0.717) is 23.8 Å². The number of carbonyl (C=O) groups excluding carboxylic acids is 2. The minimum atomic E-state index is -0.484. The van der Waals surface area contributed by atoms with Crippen LogP contribution in [0.5, 0.6) is 0 Å². The molecule has 1 amide bonds. The molecule has 0 atom stereocenters. The summed E-state index contributed by atoms with van der Waals surface area (Å²) in [4.78, 5) is 28.0. The number of nitrogens with one attached hydrogen (secondary N) is 1. The fraction of sp³-hybridized carbons (Fsp3) is 0.227. The lowest BCUT2D eigenvalue weighted by molar-refractivity contribution is -0.147. The van der Waals surface area contributed by atoms with E-state index < -0.39 is 11.9 Å². The zero-order chi connectivity index (χ0) is 20.8. The molecule has 0 aliphatic carbocycles. The number of amides is 1. The maximum atomic E-state index is 11.9. The van der Waals surface area contributed by atoms with Crippen molar-refractivity contribution < 1.29 is 18.7 Å². The average Bonchev–Trinajstić information content (AvgIpc) is 3.17. The molecule has 0 saturated carbocycles. The first-order valence-corrected chi connectivity index (χ1v) is 9.93. The highest BCUT2D eigenvalue weighted by Crippen LogP contribution is 2.22. The molecule has 29 heavy (non-hydrogen) atoms. The lowest BCUT2D eigenvalue weighted by atomic mass is 10.1. The van der Waals surface area contributed by atoms with E-state index in [1.165, 1.54) is 0 Å². The number of benzene rings is 2. The van der Waals surface area contributed by atoms with Gasteiger partial charge in [0.2, 0.25) is 0 Å².